The van der Waals surface area contributed by atoms with Crippen molar-refractivity contribution in [3.8, 4) is 0 Å². The van der Waals surface area contributed by atoms with Gasteiger partial charge < -0.3 is 15.0 Å². The van der Waals surface area contributed by atoms with E-state index in [-0.39, 0.29) is 11.7 Å². The van der Waals surface area contributed by atoms with Crippen LogP contribution in [0.2, 0.25) is 5.02 Å². The molecule has 0 radical (unpaired) electrons. The first kappa shape index (κ1) is 19.3. The SMILES string of the molecule is COC(=O)C(Cc1ccccc1)NC(=O)CSc1nc2ccc(Cl)cc2[nH]1. The first-order valence-electron chi connectivity index (χ1n) is 8.24. The van der Waals surface area contributed by atoms with Gasteiger partial charge in [0.05, 0.1) is 23.9 Å². The third kappa shape index (κ3) is 5.24. The number of imidazole rings is 1. The van der Waals surface area contributed by atoms with Gasteiger partial charge in [-0.2, -0.15) is 0 Å². The topological polar surface area (TPSA) is 84.1 Å². The standard InChI is InChI=1S/C19H18ClN3O3S/c1-26-18(25)16(9-12-5-3-2-4-6-12)21-17(24)11-27-19-22-14-8-7-13(20)10-15(14)23-19/h2-8,10,16H,9,11H2,1H3,(H,21,24)(H,22,23). The normalized spacial score (nSPS) is 11.9. The summed E-state index contributed by atoms with van der Waals surface area (Å²) in [7, 11) is 1.31. The molecule has 8 heteroatoms. The van der Waals surface area contributed by atoms with Crippen molar-refractivity contribution in [3.05, 3.63) is 59.1 Å². The van der Waals surface area contributed by atoms with E-state index in [1.54, 1.807) is 12.1 Å². The van der Waals surface area contributed by atoms with E-state index < -0.39 is 12.0 Å². The molecular weight excluding hydrogens is 386 g/mol. The van der Waals surface area contributed by atoms with Crippen molar-refractivity contribution in [2.24, 2.45) is 0 Å². The lowest BCUT2D eigenvalue weighted by molar-refractivity contribution is -0.144. The monoisotopic (exact) mass is 403 g/mol. The van der Waals surface area contributed by atoms with Gasteiger partial charge in [0.25, 0.3) is 0 Å². The summed E-state index contributed by atoms with van der Waals surface area (Å²) in [5.74, 6) is -0.629. The summed E-state index contributed by atoms with van der Waals surface area (Å²) in [5, 5.41) is 3.96. The van der Waals surface area contributed by atoms with Gasteiger partial charge in [-0.1, -0.05) is 53.7 Å². The molecule has 1 unspecified atom stereocenters. The number of esters is 1. The minimum atomic E-state index is -0.736. The Morgan fingerprint density at radius 1 is 1.26 bits per heavy atom. The van der Waals surface area contributed by atoms with E-state index >= 15 is 0 Å². The summed E-state index contributed by atoms with van der Waals surface area (Å²) in [5.41, 5.74) is 2.52. The van der Waals surface area contributed by atoms with Crippen molar-refractivity contribution in [1.82, 2.24) is 15.3 Å². The van der Waals surface area contributed by atoms with Gasteiger partial charge in [-0.3, -0.25) is 4.79 Å². The Morgan fingerprint density at radius 2 is 2.04 bits per heavy atom. The number of halogens is 1. The van der Waals surface area contributed by atoms with Crippen LogP contribution in [-0.2, 0) is 20.7 Å². The van der Waals surface area contributed by atoms with Crippen LogP contribution in [0.25, 0.3) is 11.0 Å². The fourth-order valence-corrected chi connectivity index (χ4v) is 3.45. The van der Waals surface area contributed by atoms with Crippen LogP contribution in [0.15, 0.2) is 53.7 Å². The van der Waals surface area contributed by atoms with Gasteiger partial charge in [-0.25, -0.2) is 9.78 Å². The van der Waals surface area contributed by atoms with Gasteiger partial charge in [-0.15, -0.1) is 0 Å². The zero-order chi connectivity index (χ0) is 19.2. The number of benzene rings is 2. The Morgan fingerprint density at radius 3 is 2.78 bits per heavy atom. The van der Waals surface area contributed by atoms with Crippen LogP contribution < -0.4 is 5.32 Å². The fraction of sp³-hybridized carbons (Fsp3) is 0.211. The number of H-pyrrole nitrogens is 1. The molecule has 0 aliphatic rings. The quantitative estimate of drug-likeness (QED) is 0.467. The Labute approximate surface area is 165 Å². The molecule has 3 aromatic rings. The molecule has 0 aliphatic heterocycles. The molecule has 3 rings (SSSR count). The molecule has 0 saturated carbocycles. The lowest BCUT2D eigenvalue weighted by Gasteiger charge is -2.16. The van der Waals surface area contributed by atoms with E-state index in [2.05, 4.69) is 15.3 Å². The number of ether oxygens (including phenoxy) is 1. The van der Waals surface area contributed by atoms with Gasteiger partial charge in [0, 0.05) is 11.4 Å². The molecule has 1 atom stereocenters. The molecule has 1 aromatic heterocycles. The molecule has 1 amide bonds. The number of fused-ring (bicyclic) bond motifs is 1. The first-order valence-corrected chi connectivity index (χ1v) is 9.60. The van der Waals surface area contributed by atoms with Crippen molar-refractivity contribution in [2.75, 3.05) is 12.9 Å². The maximum absolute atomic E-state index is 12.3. The molecule has 0 aliphatic carbocycles. The van der Waals surface area contributed by atoms with Crippen LogP contribution in [0.3, 0.4) is 0 Å². The van der Waals surface area contributed by atoms with E-state index in [9.17, 15) is 9.59 Å². The molecule has 27 heavy (non-hydrogen) atoms. The molecule has 1 heterocycles. The highest BCUT2D eigenvalue weighted by Gasteiger charge is 2.22. The van der Waals surface area contributed by atoms with Crippen molar-refractivity contribution in [2.45, 2.75) is 17.6 Å². The Bertz CT molecular complexity index is 946. The van der Waals surface area contributed by atoms with E-state index in [0.717, 1.165) is 16.6 Å². The molecular formula is C19H18ClN3O3S. The number of hydrogen-bond donors (Lipinski definition) is 2. The van der Waals surface area contributed by atoms with Gasteiger partial charge >= 0.3 is 5.97 Å². The highest BCUT2D eigenvalue weighted by molar-refractivity contribution is 7.99. The second kappa shape index (κ2) is 8.92. The van der Waals surface area contributed by atoms with Crippen LogP contribution in [0.4, 0.5) is 0 Å². The van der Waals surface area contributed by atoms with Crippen molar-refractivity contribution < 1.29 is 14.3 Å². The summed E-state index contributed by atoms with van der Waals surface area (Å²) in [6.45, 7) is 0. The summed E-state index contributed by atoms with van der Waals surface area (Å²) in [4.78, 5) is 31.8. The average Bonchev–Trinajstić information content (AvgIpc) is 3.08. The van der Waals surface area contributed by atoms with Gasteiger partial charge in [0.1, 0.15) is 6.04 Å². The zero-order valence-electron chi connectivity index (χ0n) is 14.6. The van der Waals surface area contributed by atoms with Crippen LogP contribution in [0, 0.1) is 0 Å². The lowest BCUT2D eigenvalue weighted by atomic mass is 10.1. The maximum Gasteiger partial charge on any atom is 0.328 e. The third-order valence-corrected chi connectivity index (χ3v) is 4.97. The number of nitrogens with zero attached hydrogens (tertiary/aromatic N) is 1. The number of amides is 1. The summed E-state index contributed by atoms with van der Waals surface area (Å²) in [6.07, 6.45) is 0.368. The number of carbonyl (C=O) groups is 2. The molecule has 0 saturated heterocycles. The van der Waals surface area contributed by atoms with Crippen molar-refractivity contribution >= 4 is 46.3 Å². The van der Waals surface area contributed by atoms with E-state index in [1.165, 1.54) is 18.9 Å². The molecule has 0 bridgehead atoms. The summed E-state index contributed by atoms with van der Waals surface area (Å²) >= 11 is 7.21. The minimum Gasteiger partial charge on any atom is -0.467 e. The average molecular weight is 404 g/mol. The number of carbonyl (C=O) groups excluding carboxylic acids is 2. The molecule has 0 fully saturated rings. The number of aromatic nitrogens is 2. The smallest absolute Gasteiger partial charge is 0.328 e. The summed E-state index contributed by atoms with van der Waals surface area (Å²) < 4.78 is 4.81. The zero-order valence-corrected chi connectivity index (χ0v) is 16.1. The van der Waals surface area contributed by atoms with Gasteiger partial charge in [0.2, 0.25) is 5.91 Å². The number of thioether (sulfide) groups is 1. The minimum absolute atomic E-state index is 0.121. The number of nitrogens with one attached hydrogen (secondary N) is 2. The second-order valence-electron chi connectivity index (χ2n) is 5.83. The second-order valence-corrected chi connectivity index (χ2v) is 7.23. The van der Waals surface area contributed by atoms with E-state index in [4.69, 9.17) is 16.3 Å². The highest BCUT2D eigenvalue weighted by Crippen LogP contribution is 2.22. The predicted octanol–water partition coefficient (Wildman–Crippen LogP) is 3.21. The number of aromatic amines is 1. The Kier molecular flexibility index (Phi) is 6.36. The Hall–Kier alpha value is -2.51. The lowest BCUT2D eigenvalue weighted by Crippen LogP contribution is -2.43. The van der Waals surface area contributed by atoms with E-state index in [1.807, 2.05) is 36.4 Å². The van der Waals surface area contributed by atoms with E-state index in [0.29, 0.717) is 16.6 Å². The van der Waals surface area contributed by atoms with Crippen LogP contribution in [0.1, 0.15) is 5.56 Å². The van der Waals surface area contributed by atoms with Gasteiger partial charge in [-0.05, 0) is 23.8 Å². The van der Waals surface area contributed by atoms with Crippen LogP contribution in [-0.4, -0.2) is 40.7 Å². The Balaban J connectivity index is 1.60. The summed E-state index contributed by atoms with van der Waals surface area (Å²) in [6, 6.07) is 14.1. The van der Waals surface area contributed by atoms with Gasteiger partial charge in [0.15, 0.2) is 5.16 Å². The molecule has 0 spiro atoms. The van der Waals surface area contributed by atoms with Crippen LogP contribution in [0.5, 0.6) is 0 Å². The number of hydrogen-bond acceptors (Lipinski definition) is 5. The number of rotatable bonds is 7. The molecule has 2 N–H and O–H groups in total. The molecule has 6 nitrogen and oxygen atoms in total. The largest absolute Gasteiger partial charge is 0.467 e. The fourth-order valence-electron chi connectivity index (χ4n) is 2.58. The van der Waals surface area contributed by atoms with Crippen molar-refractivity contribution in [3.63, 3.8) is 0 Å². The third-order valence-electron chi connectivity index (χ3n) is 3.87. The first-order chi connectivity index (χ1) is 13.0. The predicted molar refractivity (Wildman–Crippen MR) is 106 cm³/mol. The molecule has 2 aromatic carbocycles. The molecule has 140 valence electrons. The van der Waals surface area contributed by atoms with Crippen molar-refractivity contribution in [1.29, 1.82) is 0 Å². The van der Waals surface area contributed by atoms with Crippen LogP contribution >= 0.6 is 23.4 Å². The highest BCUT2D eigenvalue weighted by atomic mass is 35.5. The number of methoxy groups -OCH3 is 1. The maximum atomic E-state index is 12.3.